The number of carbonyl (C=O) groups excluding carboxylic acids is 1. The van der Waals surface area contributed by atoms with Crippen molar-refractivity contribution >= 4 is 23.4 Å². The second-order valence-corrected chi connectivity index (χ2v) is 5.89. The number of nitrogens with two attached hydrogens (primary N) is 1. The van der Waals surface area contributed by atoms with Gasteiger partial charge in [-0.25, -0.2) is 0 Å². The van der Waals surface area contributed by atoms with E-state index >= 15 is 0 Å². The fourth-order valence-corrected chi connectivity index (χ4v) is 3.22. The van der Waals surface area contributed by atoms with Crippen molar-refractivity contribution in [2.24, 2.45) is 5.92 Å². The van der Waals surface area contributed by atoms with Gasteiger partial charge in [0.1, 0.15) is 0 Å². The lowest BCUT2D eigenvalue weighted by atomic mass is 10.0. The molecule has 3 nitrogen and oxygen atoms in total. The summed E-state index contributed by atoms with van der Waals surface area (Å²) >= 11 is 1.95. The molecule has 0 bridgehead atoms. The van der Waals surface area contributed by atoms with Crippen molar-refractivity contribution in [3.63, 3.8) is 0 Å². The molecule has 1 amide bonds. The number of nitrogen functional groups attached to an aromatic ring is 1. The standard InChI is InChI=1S/C14H20N2OS/c15-13-3-1-11(2-4-13)5-8-16-14(17)12-6-9-18-10-7-12/h1-4,12H,5-10,15H2,(H,16,17). The van der Waals surface area contributed by atoms with Gasteiger partial charge < -0.3 is 11.1 Å². The number of anilines is 1. The molecule has 0 saturated carbocycles. The van der Waals surface area contributed by atoms with E-state index in [1.165, 1.54) is 5.56 Å². The van der Waals surface area contributed by atoms with Crippen molar-refractivity contribution in [3.8, 4) is 0 Å². The molecule has 3 N–H and O–H groups in total. The predicted octanol–water partition coefficient (Wildman–Crippen LogP) is 2.07. The molecule has 2 rings (SSSR count). The third-order valence-electron chi connectivity index (χ3n) is 3.28. The first kappa shape index (κ1) is 13.3. The van der Waals surface area contributed by atoms with Crippen molar-refractivity contribution in [3.05, 3.63) is 29.8 Å². The van der Waals surface area contributed by atoms with Crippen molar-refractivity contribution in [2.45, 2.75) is 19.3 Å². The summed E-state index contributed by atoms with van der Waals surface area (Å²) in [6.45, 7) is 0.715. The van der Waals surface area contributed by atoms with Crippen LogP contribution in [-0.4, -0.2) is 24.0 Å². The molecule has 1 fully saturated rings. The van der Waals surface area contributed by atoms with Crippen molar-refractivity contribution in [1.29, 1.82) is 0 Å². The van der Waals surface area contributed by atoms with Gasteiger partial charge >= 0.3 is 0 Å². The summed E-state index contributed by atoms with van der Waals surface area (Å²) in [7, 11) is 0. The highest BCUT2D eigenvalue weighted by atomic mass is 32.2. The number of thioether (sulfide) groups is 1. The van der Waals surface area contributed by atoms with Crippen molar-refractivity contribution in [2.75, 3.05) is 23.8 Å². The number of nitrogens with one attached hydrogen (secondary N) is 1. The van der Waals surface area contributed by atoms with Crippen LogP contribution in [-0.2, 0) is 11.2 Å². The van der Waals surface area contributed by atoms with Gasteiger partial charge in [0.25, 0.3) is 0 Å². The average molecular weight is 264 g/mol. The van der Waals surface area contributed by atoms with Gasteiger partial charge in [0.05, 0.1) is 0 Å². The third-order valence-corrected chi connectivity index (χ3v) is 4.33. The first-order valence-corrected chi connectivity index (χ1v) is 7.61. The van der Waals surface area contributed by atoms with E-state index in [-0.39, 0.29) is 11.8 Å². The van der Waals surface area contributed by atoms with E-state index in [0.717, 1.165) is 36.5 Å². The number of carbonyl (C=O) groups is 1. The topological polar surface area (TPSA) is 55.1 Å². The zero-order valence-electron chi connectivity index (χ0n) is 10.5. The molecular formula is C14H20N2OS. The fourth-order valence-electron chi connectivity index (χ4n) is 2.12. The van der Waals surface area contributed by atoms with Crippen LogP contribution in [0.3, 0.4) is 0 Å². The fraction of sp³-hybridized carbons (Fsp3) is 0.500. The largest absolute Gasteiger partial charge is 0.399 e. The Morgan fingerprint density at radius 2 is 1.94 bits per heavy atom. The van der Waals surface area contributed by atoms with Gasteiger partial charge in [-0.3, -0.25) is 4.79 Å². The summed E-state index contributed by atoms with van der Waals surface area (Å²) in [6.07, 6.45) is 2.92. The van der Waals surface area contributed by atoms with Crippen LogP contribution >= 0.6 is 11.8 Å². The van der Waals surface area contributed by atoms with E-state index < -0.39 is 0 Å². The van der Waals surface area contributed by atoms with E-state index in [0.29, 0.717) is 6.54 Å². The first-order chi connectivity index (χ1) is 8.75. The Morgan fingerprint density at radius 1 is 1.28 bits per heavy atom. The highest BCUT2D eigenvalue weighted by Crippen LogP contribution is 2.22. The van der Waals surface area contributed by atoms with E-state index in [2.05, 4.69) is 5.32 Å². The molecule has 1 aromatic carbocycles. The lowest BCUT2D eigenvalue weighted by molar-refractivity contribution is -0.125. The van der Waals surface area contributed by atoms with Crippen LogP contribution in [0, 0.1) is 5.92 Å². The molecule has 0 radical (unpaired) electrons. The second-order valence-electron chi connectivity index (χ2n) is 4.67. The first-order valence-electron chi connectivity index (χ1n) is 6.45. The maximum absolute atomic E-state index is 11.9. The minimum absolute atomic E-state index is 0.228. The lowest BCUT2D eigenvalue weighted by Crippen LogP contribution is -2.34. The van der Waals surface area contributed by atoms with Crippen LogP contribution in [0.5, 0.6) is 0 Å². The quantitative estimate of drug-likeness (QED) is 0.819. The summed E-state index contributed by atoms with van der Waals surface area (Å²) in [5.74, 6) is 2.70. The highest BCUT2D eigenvalue weighted by Gasteiger charge is 2.20. The van der Waals surface area contributed by atoms with Gasteiger partial charge in [0, 0.05) is 18.2 Å². The normalized spacial score (nSPS) is 16.4. The Bertz CT molecular complexity index is 385. The molecule has 18 heavy (non-hydrogen) atoms. The van der Waals surface area contributed by atoms with Crippen LogP contribution in [0.25, 0.3) is 0 Å². The summed E-state index contributed by atoms with van der Waals surface area (Å²) < 4.78 is 0. The monoisotopic (exact) mass is 264 g/mol. The van der Waals surface area contributed by atoms with E-state index in [1.807, 2.05) is 36.0 Å². The predicted molar refractivity (Wildman–Crippen MR) is 77.6 cm³/mol. The SMILES string of the molecule is Nc1ccc(CCNC(=O)C2CCSCC2)cc1. The molecule has 0 spiro atoms. The Balaban J connectivity index is 1.71. The molecule has 1 saturated heterocycles. The Hall–Kier alpha value is -1.16. The molecule has 4 heteroatoms. The smallest absolute Gasteiger partial charge is 0.223 e. The number of hydrogen-bond donors (Lipinski definition) is 2. The van der Waals surface area contributed by atoms with Crippen LogP contribution in [0.2, 0.25) is 0 Å². The lowest BCUT2D eigenvalue weighted by Gasteiger charge is -2.20. The van der Waals surface area contributed by atoms with Gasteiger partial charge in [0.15, 0.2) is 0 Å². The third kappa shape index (κ3) is 3.95. The Morgan fingerprint density at radius 3 is 2.61 bits per heavy atom. The number of rotatable bonds is 4. The van der Waals surface area contributed by atoms with Gasteiger partial charge in [-0.15, -0.1) is 0 Å². The molecule has 1 aromatic rings. The summed E-state index contributed by atoms with van der Waals surface area (Å²) in [5.41, 5.74) is 7.62. The van der Waals surface area contributed by atoms with Gasteiger partial charge in [-0.1, -0.05) is 12.1 Å². The molecule has 1 heterocycles. The van der Waals surface area contributed by atoms with Crippen molar-refractivity contribution in [1.82, 2.24) is 5.32 Å². The van der Waals surface area contributed by atoms with Gasteiger partial charge in [-0.2, -0.15) is 11.8 Å². The van der Waals surface area contributed by atoms with E-state index in [4.69, 9.17) is 5.73 Å². The highest BCUT2D eigenvalue weighted by molar-refractivity contribution is 7.99. The molecule has 1 aliphatic rings. The van der Waals surface area contributed by atoms with Crippen LogP contribution in [0.1, 0.15) is 18.4 Å². The average Bonchev–Trinajstić information content (AvgIpc) is 2.42. The van der Waals surface area contributed by atoms with Crippen LogP contribution in [0.4, 0.5) is 5.69 Å². The number of amides is 1. The Labute approximate surface area is 113 Å². The summed E-state index contributed by atoms with van der Waals surface area (Å²) in [5, 5.41) is 3.04. The molecular weight excluding hydrogens is 244 g/mol. The van der Waals surface area contributed by atoms with Gasteiger partial charge in [0.2, 0.25) is 5.91 Å². The zero-order valence-corrected chi connectivity index (χ0v) is 11.3. The molecule has 0 atom stereocenters. The molecule has 0 unspecified atom stereocenters. The van der Waals surface area contributed by atoms with Crippen LogP contribution in [0.15, 0.2) is 24.3 Å². The number of hydrogen-bond acceptors (Lipinski definition) is 3. The molecule has 1 aliphatic heterocycles. The van der Waals surface area contributed by atoms with E-state index in [1.54, 1.807) is 0 Å². The van der Waals surface area contributed by atoms with Crippen LogP contribution < -0.4 is 11.1 Å². The molecule has 98 valence electrons. The summed E-state index contributed by atoms with van der Waals surface area (Å²) in [4.78, 5) is 11.9. The Kier molecular flexibility index (Phi) is 4.93. The second kappa shape index (κ2) is 6.69. The summed E-state index contributed by atoms with van der Waals surface area (Å²) in [6, 6.07) is 7.82. The molecule has 0 aromatic heterocycles. The van der Waals surface area contributed by atoms with E-state index in [9.17, 15) is 4.79 Å². The number of benzene rings is 1. The minimum atomic E-state index is 0.228. The van der Waals surface area contributed by atoms with Gasteiger partial charge in [-0.05, 0) is 48.5 Å². The van der Waals surface area contributed by atoms with Crippen molar-refractivity contribution < 1.29 is 4.79 Å². The minimum Gasteiger partial charge on any atom is -0.399 e. The molecule has 0 aliphatic carbocycles. The zero-order chi connectivity index (χ0) is 12.8. The maximum atomic E-state index is 11.9. The maximum Gasteiger partial charge on any atom is 0.223 e.